The van der Waals surface area contributed by atoms with Crippen LogP contribution in [0.2, 0.25) is 0 Å². The lowest BCUT2D eigenvalue weighted by atomic mass is 9.65. The smallest absolute Gasteiger partial charge is 0.0524 e. The molecule has 2 atom stereocenters. The summed E-state index contributed by atoms with van der Waals surface area (Å²) in [5.74, 6) is 1.43. The van der Waals surface area contributed by atoms with Crippen molar-refractivity contribution in [3.63, 3.8) is 0 Å². The Morgan fingerprint density at radius 3 is 2.88 bits per heavy atom. The van der Waals surface area contributed by atoms with Crippen LogP contribution in [0.3, 0.4) is 0 Å². The van der Waals surface area contributed by atoms with Crippen LogP contribution in [0.25, 0.3) is 0 Å². The number of aromatic nitrogens is 2. The maximum atomic E-state index is 4.33. The summed E-state index contributed by atoms with van der Waals surface area (Å²) >= 11 is 0. The van der Waals surface area contributed by atoms with Crippen molar-refractivity contribution in [3.05, 3.63) is 18.0 Å². The maximum absolute atomic E-state index is 4.33. The van der Waals surface area contributed by atoms with Crippen molar-refractivity contribution in [1.82, 2.24) is 15.1 Å². The first-order chi connectivity index (χ1) is 8.02. The lowest BCUT2D eigenvalue weighted by Gasteiger charge is -2.40. The molecular formula is C14H25N3. The molecule has 0 bridgehead atoms. The summed E-state index contributed by atoms with van der Waals surface area (Å²) in [4.78, 5) is 0. The second kappa shape index (κ2) is 4.81. The van der Waals surface area contributed by atoms with Gasteiger partial charge in [-0.25, -0.2) is 0 Å². The highest BCUT2D eigenvalue weighted by Gasteiger charge is 2.35. The van der Waals surface area contributed by atoms with Gasteiger partial charge in [-0.1, -0.05) is 13.8 Å². The number of aryl methyl sites for hydroxylation is 1. The van der Waals surface area contributed by atoms with Crippen LogP contribution in [0.15, 0.2) is 12.4 Å². The molecule has 1 N–H and O–H groups in total. The zero-order chi connectivity index (χ0) is 12.5. The minimum absolute atomic E-state index is 0.477. The number of nitrogens with one attached hydrogen (secondary N) is 1. The minimum atomic E-state index is 0.477. The topological polar surface area (TPSA) is 29.9 Å². The van der Waals surface area contributed by atoms with E-state index >= 15 is 0 Å². The summed E-state index contributed by atoms with van der Waals surface area (Å²) in [7, 11) is 4.06. The van der Waals surface area contributed by atoms with Gasteiger partial charge in [-0.05, 0) is 55.7 Å². The molecule has 2 unspecified atom stereocenters. The van der Waals surface area contributed by atoms with Crippen LogP contribution in [0.5, 0.6) is 0 Å². The van der Waals surface area contributed by atoms with Crippen molar-refractivity contribution in [2.45, 2.75) is 39.0 Å². The Morgan fingerprint density at radius 2 is 2.29 bits per heavy atom. The quantitative estimate of drug-likeness (QED) is 0.872. The van der Waals surface area contributed by atoms with Crippen LogP contribution in [-0.4, -0.2) is 23.4 Å². The van der Waals surface area contributed by atoms with Crippen molar-refractivity contribution < 1.29 is 0 Å². The molecule has 1 aliphatic carbocycles. The average Bonchev–Trinajstić information content (AvgIpc) is 2.67. The van der Waals surface area contributed by atoms with Crippen molar-refractivity contribution in [1.29, 1.82) is 0 Å². The molecule has 17 heavy (non-hydrogen) atoms. The third-order valence-electron chi connectivity index (χ3n) is 4.15. The normalized spacial score (nSPS) is 28.2. The van der Waals surface area contributed by atoms with E-state index in [1.165, 1.54) is 24.8 Å². The number of rotatable bonds is 3. The number of hydrogen-bond acceptors (Lipinski definition) is 2. The molecule has 1 saturated carbocycles. The van der Waals surface area contributed by atoms with Crippen LogP contribution >= 0.6 is 0 Å². The van der Waals surface area contributed by atoms with Gasteiger partial charge in [-0.15, -0.1) is 0 Å². The molecule has 0 radical (unpaired) electrons. The molecule has 0 spiro atoms. The summed E-state index contributed by atoms with van der Waals surface area (Å²) in [6.45, 7) is 5.91. The summed E-state index contributed by atoms with van der Waals surface area (Å²) < 4.78 is 1.92. The van der Waals surface area contributed by atoms with Gasteiger partial charge in [0, 0.05) is 13.2 Å². The van der Waals surface area contributed by atoms with Crippen molar-refractivity contribution in [3.8, 4) is 0 Å². The Hall–Kier alpha value is -0.830. The molecule has 0 aliphatic heterocycles. The van der Waals surface area contributed by atoms with Crippen LogP contribution in [0.1, 0.15) is 44.6 Å². The first-order valence-electron chi connectivity index (χ1n) is 6.65. The zero-order valence-corrected chi connectivity index (χ0v) is 11.5. The summed E-state index contributed by atoms with van der Waals surface area (Å²) in [6, 6.07) is 0. The van der Waals surface area contributed by atoms with Crippen molar-refractivity contribution in [2.75, 3.05) is 13.6 Å². The molecule has 0 aromatic carbocycles. The summed E-state index contributed by atoms with van der Waals surface area (Å²) in [6.07, 6.45) is 8.19. The zero-order valence-electron chi connectivity index (χ0n) is 11.5. The maximum Gasteiger partial charge on any atom is 0.0524 e. The van der Waals surface area contributed by atoms with Gasteiger partial charge < -0.3 is 5.32 Å². The Labute approximate surface area is 105 Å². The third kappa shape index (κ3) is 2.89. The summed E-state index contributed by atoms with van der Waals surface area (Å²) in [5.41, 5.74) is 1.89. The molecule has 3 heteroatoms. The minimum Gasteiger partial charge on any atom is -0.319 e. The Bertz CT molecular complexity index is 367. The van der Waals surface area contributed by atoms with E-state index in [0.717, 1.165) is 12.5 Å². The second-order valence-corrected chi connectivity index (χ2v) is 6.28. The number of nitrogens with zero attached hydrogens (tertiary/aromatic N) is 2. The standard InChI is InChI=1S/C14H25N3/c1-14(2)6-5-11(8-15-3)13(7-14)12-9-16-17(4)10-12/h9-11,13,15H,5-8H2,1-4H3. The van der Waals surface area contributed by atoms with Gasteiger partial charge in [0.2, 0.25) is 0 Å². The van der Waals surface area contributed by atoms with E-state index in [-0.39, 0.29) is 0 Å². The molecule has 2 rings (SSSR count). The highest BCUT2D eigenvalue weighted by Crippen LogP contribution is 2.46. The highest BCUT2D eigenvalue weighted by atomic mass is 15.2. The number of hydrogen-bond donors (Lipinski definition) is 1. The Kier molecular flexibility index (Phi) is 3.57. The third-order valence-corrected chi connectivity index (χ3v) is 4.15. The van der Waals surface area contributed by atoms with Gasteiger partial charge in [0.1, 0.15) is 0 Å². The second-order valence-electron chi connectivity index (χ2n) is 6.28. The van der Waals surface area contributed by atoms with Gasteiger partial charge >= 0.3 is 0 Å². The van der Waals surface area contributed by atoms with Crippen LogP contribution in [0, 0.1) is 11.3 Å². The van der Waals surface area contributed by atoms with E-state index in [4.69, 9.17) is 0 Å². The first-order valence-corrected chi connectivity index (χ1v) is 6.65. The lowest BCUT2D eigenvalue weighted by molar-refractivity contribution is 0.161. The molecule has 1 fully saturated rings. The van der Waals surface area contributed by atoms with Gasteiger partial charge in [0.15, 0.2) is 0 Å². The molecule has 1 aromatic heterocycles. The fourth-order valence-corrected chi connectivity index (χ4v) is 3.17. The van der Waals surface area contributed by atoms with Gasteiger partial charge in [-0.2, -0.15) is 5.10 Å². The molecular weight excluding hydrogens is 210 g/mol. The first kappa shape index (κ1) is 12.6. The predicted octanol–water partition coefficient (Wildman–Crippen LogP) is 2.55. The van der Waals surface area contributed by atoms with Crippen molar-refractivity contribution >= 4 is 0 Å². The summed E-state index contributed by atoms with van der Waals surface area (Å²) in [5, 5.41) is 7.67. The molecule has 0 saturated heterocycles. The van der Waals surface area contributed by atoms with Gasteiger partial charge in [0.25, 0.3) is 0 Å². The SMILES string of the molecule is CNCC1CCC(C)(C)CC1c1cnn(C)c1. The van der Waals surface area contributed by atoms with Crippen LogP contribution < -0.4 is 5.32 Å². The highest BCUT2D eigenvalue weighted by molar-refractivity contribution is 5.15. The largest absolute Gasteiger partial charge is 0.319 e. The molecule has 96 valence electrons. The van der Waals surface area contributed by atoms with Gasteiger partial charge in [0.05, 0.1) is 6.20 Å². The van der Waals surface area contributed by atoms with E-state index in [1.807, 2.05) is 11.7 Å². The Morgan fingerprint density at radius 1 is 1.53 bits per heavy atom. The molecule has 1 aliphatic rings. The van der Waals surface area contributed by atoms with E-state index in [9.17, 15) is 0 Å². The van der Waals surface area contributed by atoms with Crippen molar-refractivity contribution in [2.24, 2.45) is 18.4 Å². The Balaban J connectivity index is 2.18. The van der Waals surface area contributed by atoms with Gasteiger partial charge in [-0.3, -0.25) is 4.68 Å². The monoisotopic (exact) mass is 235 g/mol. The fourth-order valence-electron chi connectivity index (χ4n) is 3.17. The lowest BCUT2D eigenvalue weighted by Crippen LogP contribution is -2.33. The average molecular weight is 235 g/mol. The predicted molar refractivity (Wildman–Crippen MR) is 71.0 cm³/mol. The van der Waals surface area contributed by atoms with E-state index in [1.54, 1.807) is 0 Å². The van der Waals surface area contributed by atoms with E-state index < -0.39 is 0 Å². The molecule has 0 amide bonds. The molecule has 3 nitrogen and oxygen atoms in total. The molecule has 1 aromatic rings. The van der Waals surface area contributed by atoms with Crippen LogP contribution in [0.4, 0.5) is 0 Å². The van der Waals surface area contributed by atoms with E-state index in [2.05, 4.69) is 43.7 Å². The fraction of sp³-hybridized carbons (Fsp3) is 0.786. The van der Waals surface area contributed by atoms with Crippen LogP contribution in [-0.2, 0) is 7.05 Å². The van der Waals surface area contributed by atoms with E-state index in [0.29, 0.717) is 11.3 Å². The molecule has 1 heterocycles.